The van der Waals surface area contributed by atoms with Crippen LogP contribution in [0.3, 0.4) is 0 Å². The molecule has 8 nitrogen and oxygen atoms in total. The largest absolute Gasteiger partial charge is 2.00 e. The molecule has 0 radical (unpaired) electrons. The van der Waals surface area contributed by atoms with Gasteiger partial charge in [-0.1, -0.05) is 77.6 Å². The topological polar surface area (TPSA) is 161 Å². The molecule has 0 aliphatic rings. The van der Waals surface area contributed by atoms with E-state index in [-0.39, 0.29) is 19.5 Å². The SMILES string of the molecule is O=C([O-])/C=C\C(=O)[O-].O=C([O-])/C=C\C(=O)[O-].[CH2-]CCCCCCCCCCCCC.[Zn+2]. The van der Waals surface area contributed by atoms with Crippen molar-refractivity contribution >= 4 is 23.9 Å². The van der Waals surface area contributed by atoms with Crippen LogP contribution in [0.4, 0.5) is 0 Å². The summed E-state index contributed by atoms with van der Waals surface area (Å²) in [6.07, 6.45) is 18.4. The van der Waals surface area contributed by atoms with E-state index in [0.29, 0.717) is 24.3 Å². The number of hydrogen-bond donors (Lipinski definition) is 0. The second-order valence-electron chi connectivity index (χ2n) is 6.33. The molecule has 31 heavy (non-hydrogen) atoms. The number of unbranched alkanes of at least 4 members (excludes halogenated alkanes) is 11. The Balaban J connectivity index is -0.000000185. The van der Waals surface area contributed by atoms with Crippen LogP contribution in [0, 0.1) is 6.92 Å². The average molecular weight is 491 g/mol. The monoisotopic (exact) mass is 489 g/mol. The third kappa shape index (κ3) is 52.4. The standard InChI is InChI=1S/C14H29.2C4H4O4.Zn/c1-3-5-7-9-11-13-14-12-10-8-6-4-2;2*5-3(6)1-2-4(7)8;/h1,3-14H2,2H3;2*1-2H,(H,5,6)(H,7,8);/q-1;;;+2/p-4/b;2*2-1-;. The minimum absolute atomic E-state index is 0. The zero-order chi connectivity index (χ0) is 23.6. The van der Waals surface area contributed by atoms with Gasteiger partial charge in [0.25, 0.3) is 0 Å². The molecule has 0 aliphatic carbocycles. The van der Waals surface area contributed by atoms with Crippen LogP contribution in [0.5, 0.6) is 0 Å². The molecular formula is C22H33O8Zn-3. The molecule has 0 aliphatic heterocycles. The van der Waals surface area contributed by atoms with E-state index < -0.39 is 23.9 Å². The smallest absolute Gasteiger partial charge is 0.545 e. The van der Waals surface area contributed by atoms with E-state index in [9.17, 15) is 39.6 Å². The average Bonchev–Trinajstić information content (AvgIpc) is 2.67. The quantitative estimate of drug-likeness (QED) is 0.130. The second kappa shape index (κ2) is 30.2. The number of carbonyl (C=O) groups excluding carboxylic acids is 4. The maximum atomic E-state index is 9.41. The van der Waals surface area contributed by atoms with Gasteiger partial charge in [0, 0.05) is 0 Å². The first-order valence-electron chi connectivity index (χ1n) is 10.2. The normalized spacial score (nSPS) is 9.74. The molecule has 0 saturated heterocycles. The number of carbonyl (C=O) groups is 4. The van der Waals surface area contributed by atoms with Gasteiger partial charge in [0.2, 0.25) is 0 Å². The molecule has 0 spiro atoms. The molecule has 174 valence electrons. The van der Waals surface area contributed by atoms with Gasteiger partial charge in [-0.15, -0.1) is 0 Å². The zero-order valence-corrected chi connectivity index (χ0v) is 21.4. The molecule has 0 heterocycles. The Labute approximate surface area is 198 Å². The third-order valence-electron chi connectivity index (χ3n) is 3.56. The summed E-state index contributed by atoms with van der Waals surface area (Å²) in [5.41, 5.74) is 0. The summed E-state index contributed by atoms with van der Waals surface area (Å²) < 4.78 is 0. The Morgan fingerprint density at radius 3 is 0.968 bits per heavy atom. The van der Waals surface area contributed by atoms with Crippen molar-refractivity contribution in [1.82, 2.24) is 0 Å². The molecule has 0 aromatic carbocycles. The van der Waals surface area contributed by atoms with Gasteiger partial charge in [-0.25, -0.2) is 0 Å². The molecule has 0 amide bonds. The summed E-state index contributed by atoms with van der Waals surface area (Å²) in [7, 11) is 0. The summed E-state index contributed by atoms with van der Waals surface area (Å²) in [6.45, 7) is 6.14. The molecule has 0 aromatic rings. The number of hydrogen-bond acceptors (Lipinski definition) is 8. The minimum Gasteiger partial charge on any atom is -0.545 e. The van der Waals surface area contributed by atoms with E-state index in [0.717, 1.165) is 6.42 Å². The minimum atomic E-state index is -1.55. The molecule has 0 saturated carbocycles. The van der Waals surface area contributed by atoms with Gasteiger partial charge in [0.1, 0.15) is 0 Å². The summed E-state index contributed by atoms with van der Waals surface area (Å²) in [6, 6.07) is 0. The van der Waals surface area contributed by atoms with Gasteiger partial charge in [-0.2, -0.15) is 6.42 Å². The van der Waals surface area contributed by atoms with Crippen LogP contribution in [0.1, 0.15) is 84.0 Å². The van der Waals surface area contributed by atoms with Gasteiger partial charge in [0.15, 0.2) is 0 Å². The Hall–Kier alpha value is -2.02. The van der Waals surface area contributed by atoms with Gasteiger partial charge < -0.3 is 46.5 Å². The Kier molecular flexibility index (Phi) is 35.4. The third-order valence-corrected chi connectivity index (χ3v) is 3.56. The molecule has 0 N–H and O–H groups in total. The molecular weight excluding hydrogens is 458 g/mol. The summed E-state index contributed by atoms with van der Waals surface area (Å²) in [5.74, 6) is -6.19. The van der Waals surface area contributed by atoms with Crippen molar-refractivity contribution in [2.45, 2.75) is 84.0 Å². The van der Waals surface area contributed by atoms with E-state index in [1.54, 1.807) is 0 Å². The van der Waals surface area contributed by atoms with Crippen LogP contribution in [0.25, 0.3) is 0 Å². The second-order valence-corrected chi connectivity index (χ2v) is 6.33. The Bertz CT molecular complexity index is 438. The molecule has 0 bridgehead atoms. The fourth-order valence-electron chi connectivity index (χ4n) is 2.11. The van der Waals surface area contributed by atoms with E-state index in [2.05, 4.69) is 13.8 Å². The first-order valence-corrected chi connectivity index (χ1v) is 10.2. The fraction of sp³-hybridized carbons (Fsp3) is 0.591. The predicted molar refractivity (Wildman–Crippen MR) is 105 cm³/mol. The van der Waals surface area contributed by atoms with Crippen LogP contribution < -0.4 is 20.4 Å². The van der Waals surface area contributed by atoms with E-state index >= 15 is 0 Å². The summed E-state index contributed by atoms with van der Waals surface area (Å²) in [4.78, 5) is 37.7. The van der Waals surface area contributed by atoms with Crippen molar-refractivity contribution in [3.05, 3.63) is 31.2 Å². The molecule has 0 unspecified atom stereocenters. The Morgan fingerprint density at radius 2 is 0.774 bits per heavy atom. The van der Waals surface area contributed by atoms with Crippen LogP contribution >= 0.6 is 0 Å². The van der Waals surface area contributed by atoms with Gasteiger partial charge in [-0.05, 0) is 24.3 Å². The van der Waals surface area contributed by atoms with Crippen LogP contribution in [-0.2, 0) is 38.7 Å². The first-order chi connectivity index (χ1) is 14.2. The van der Waals surface area contributed by atoms with E-state index in [1.807, 2.05) is 0 Å². The van der Waals surface area contributed by atoms with Crippen LogP contribution in [-0.4, -0.2) is 23.9 Å². The van der Waals surface area contributed by atoms with Crippen molar-refractivity contribution in [2.24, 2.45) is 0 Å². The summed E-state index contributed by atoms with van der Waals surface area (Å²) in [5, 5.41) is 37.7. The number of rotatable bonds is 15. The van der Waals surface area contributed by atoms with Crippen LogP contribution in [0.2, 0.25) is 0 Å². The van der Waals surface area contributed by atoms with E-state index in [1.165, 1.54) is 70.6 Å². The molecule has 0 rings (SSSR count). The van der Waals surface area contributed by atoms with E-state index in [4.69, 9.17) is 0 Å². The summed E-state index contributed by atoms with van der Waals surface area (Å²) >= 11 is 0. The van der Waals surface area contributed by atoms with Gasteiger partial charge in [0.05, 0.1) is 23.9 Å². The predicted octanol–water partition coefficient (Wildman–Crippen LogP) is -0.396. The zero-order valence-electron chi connectivity index (χ0n) is 18.5. The molecule has 0 aromatic heterocycles. The van der Waals surface area contributed by atoms with Gasteiger partial charge >= 0.3 is 19.5 Å². The van der Waals surface area contributed by atoms with Crippen molar-refractivity contribution < 1.29 is 59.1 Å². The Morgan fingerprint density at radius 1 is 0.548 bits per heavy atom. The number of carboxylic acids is 4. The van der Waals surface area contributed by atoms with Crippen LogP contribution in [0.15, 0.2) is 24.3 Å². The van der Waals surface area contributed by atoms with Gasteiger partial charge in [-0.3, -0.25) is 0 Å². The number of aliphatic carboxylic acids is 4. The first kappa shape index (κ1) is 36.4. The maximum absolute atomic E-state index is 9.41. The van der Waals surface area contributed by atoms with Crippen molar-refractivity contribution in [1.29, 1.82) is 0 Å². The maximum Gasteiger partial charge on any atom is 2.00 e. The fourth-order valence-corrected chi connectivity index (χ4v) is 2.11. The number of carboxylic acid groups (broad SMARTS) is 4. The van der Waals surface area contributed by atoms with Crippen molar-refractivity contribution in [2.75, 3.05) is 0 Å². The molecule has 0 atom stereocenters. The van der Waals surface area contributed by atoms with Crippen molar-refractivity contribution in [3.8, 4) is 0 Å². The molecule has 0 fully saturated rings. The van der Waals surface area contributed by atoms with Crippen molar-refractivity contribution in [3.63, 3.8) is 0 Å². The molecule has 9 heteroatoms.